The van der Waals surface area contributed by atoms with Gasteiger partial charge in [0.15, 0.2) is 0 Å². The number of halogens is 1. The highest BCUT2D eigenvalue weighted by Gasteiger charge is 2.40. The number of benzene rings is 1. The summed E-state index contributed by atoms with van der Waals surface area (Å²) in [5.41, 5.74) is 8.77. The second kappa shape index (κ2) is 7.37. The summed E-state index contributed by atoms with van der Waals surface area (Å²) in [4.78, 5) is 2.16. The van der Waals surface area contributed by atoms with E-state index in [0.29, 0.717) is 0 Å². The maximum absolute atomic E-state index is 9.45. The van der Waals surface area contributed by atoms with Crippen molar-refractivity contribution in [2.75, 3.05) is 27.7 Å². The number of hydrogen-bond donors (Lipinski definition) is 1. The lowest BCUT2D eigenvalue weighted by atomic mass is 9.67. The van der Waals surface area contributed by atoms with Gasteiger partial charge in [-0.3, -0.25) is 0 Å². The van der Waals surface area contributed by atoms with E-state index in [0.717, 1.165) is 59.3 Å². The van der Waals surface area contributed by atoms with Crippen LogP contribution in [0.25, 0.3) is 0 Å². The van der Waals surface area contributed by atoms with Gasteiger partial charge in [-0.05, 0) is 73.9 Å². The summed E-state index contributed by atoms with van der Waals surface area (Å²) in [6, 6.07) is 8.32. The number of nitrogens with zero attached hydrogens (tertiary/aromatic N) is 2. The van der Waals surface area contributed by atoms with Crippen LogP contribution in [0.5, 0.6) is 5.75 Å². The van der Waals surface area contributed by atoms with Gasteiger partial charge in [-0.15, -0.1) is 0 Å². The number of allylic oxidation sites excluding steroid dienone is 2. The molecule has 5 heteroatoms. The molecular weight excluding hydrogens is 354 g/mol. The van der Waals surface area contributed by atoms with Crippen LogP contribution in [0, 0.1) is 11.3 Å². The third-order valence-electron chi connectivity index (χ3n) is 4.69. The predicted octanol–water partition coefficient (Wildman–Crippen LogP) is 3.57. The fourth-order valence-electron chi connectivity index (χ4n) is 3.37. The molecule has 0 heterocycles. The Morgan fingerprint density at radius 2 is 2.17 bits per heavy atom. The van der Waals surface area contributed by atoms with E-state index in [-0.39, 0.29) is 5.41 Å². The Hall–Kier alpha value is -1.51. The molecular formula is C18H24BrN3O. The minimum Gasteiger partial charge on any atom is -0.496 e. The monoisotopic (exact) mass is 377 g/mol. The molecule has 0 radical (unpaired) electrons. The molecule has 1 atom stereocenters. The number of nitrogens with two attached hydrogens (primary N) is 1. The standard InChI is InChI=1S/C18H24BrN3O/c1-22(2)11-10-18(9-5-6-13(12-20)17(18)21)14-7-4-8-15(23-3)16(14)19/h4,7-8H,5-6,9-11,21H2,1-3H3. The van der Waals surface area contributed by atoms with Crippen LogP contribution < -0.4 is 10.5 Å². The van der Waals surface area contributed by atoms with Gasteiger partial charge < -0.3 is 15.4 Å². The van der Waals surface area contributed by atoms with Crippen molar-refractivity contribution >= 4 is 15.9 Å². The van der Waals surface area contributed by atoms with Crippen molar-refractivity contribution in [2.24, 2.45) is 5.73 Å². The van der Waals surface area contributed by atoms with Crippen LogP contribution >= 0.6 is 15.9 Å². The molecule has 23 heavy (non-hydrogen) atoms. The minimum absolute atomic E-state index is 0.318. The second-order valence-corrected chi connectivity index (χ2v) is 7.11. The van der Waals surface area contributed by atoms with Gasteiger partial charge in [-0.2, -0.15) is 5.26 Å². The van der Waals surface area contributed by atoms with E-state index in [1.54, 1.807) is 7.11 Å². The predicted molar refractivity (Wildman–Crippen MR) is 96.2 cm³/mol. The van der Waals surface area contributed by atoms with Crippen LogP contribution in [-0.2, 0) is 5.41 Å². The minimum atomic E-state index is -0.318. The van der Waals surface area contributed by atoms with Crippen molar-refractivity contribution in [3.8, 4) is 11.8 Å². The highest BCUT2D eigenvalue weighted by Crippen LogP contribution is 2.48. The molecule has 124 valence electrons. The van der Waals surface area contributed by atoms with Gasteiger partial charge in [-0.25, -0.2) is 0 Å². The van der Waals surface area contributed by atoms with Gasteiger partial charge in [0.05, 0.1) is 17.7 Å². The third kappa shape index (κ3) is 3.39. The quantitative estimate of drug-likeness (QED) is 0.851. The van der Waals surface area contributed by atoms with Gasteiger partial charge in [0, 0.05) is 16.7 Å². The topological polar surface area (TPSA) is 62.3 Å². The average Bonchev–Trinajstić information content (AvgIpc) is 2.54. The van der Waals surface area contributed by atoms with E-state index < -0.39 is 0 Å². The molecule has 1 aromatic rings. The van der Waals surface area contributed by atoms with Crippen LogP contribution in [0.4, 0.5) is 0 Å². The van der Waals surface area contributed by atoms with Crippen molar-refractivity contribution < 1.29 is 4.74 Å². The largest absolute Gasteiger partial charge is 0.496 e. The summed E-state index contributed by atoms with van der Waals surface area (Å²) >= 11 is 3.69. The van der Waals surface area contributed by atoms with E-state index in [9.17, 15) is 5.26 Å². The van der Waals surface area contributed by atoms with Crippen molar-refractivity contribution in [3.05, 3.63) is 39.5 Å². The number of hydrogen-bond acceptors (Lipinski definition) is 4. The van der Waals surface area contributed by atoms with Gasteiger partial charge in [0.1, 0.15) is 5.75 Å². The Bertz CT molecular complexity index is 648. The van der Waals surface area contributed by atoms with Crippen LogP contribution in [0.3, 0.4) is 0 Å². The molecule has 0 aromatic heterocycles. The molecule has 2 rings (SSSR count). The molecule has 2 N–H and O–H groups in total. The molecule has 1 aliphatic rings. The van der Waals surface area contributed by atoms with E-state index in [1.165, 1.54) is 0 Å². The fourth-order valence-corrected chi connectivity index (χ4v) is 4.17. The summed E-state index contributed by atoms with van der Waals surface area (Å²) in [7, 11) is 5.78. The summed E-state index contributed by atoms with van der Waals surface area (Å²) in [5, 5.41) is 9.45. The molecule has 0 aliphatic heterocycles. The van der Waals surface area contributed by atoms with Crippen molar-refractivity contribution in [2.45, 2.75) is 31.1 Å². The maximum atomic E-state index is 9.45. The van der Waals surface area contributed by atoms with Gasteiger partial charge in [0.2, 0.25) is 0 Å². The number of methoxy groups -OCH3 is 1. The van der Waals surface area contributed by atoms with E-state index in [1.807, 2.05) is 12.1 Å². The Morgan fingerprint density at radius 3 is 2.78 bits per heavy atom. The fraction of sp³-hybridized carbons (Fsp3) is 0.500. The molecule has 4 nitrogen and oxygen atoms in total. The molecule has 1 aliphatic carbocycles. The highest BCUT2D eigenvalue weighted by molar-refractivity contribution is 9.10. The number of nitriles is 1. The van der Waals surface area contributed by atoms with E-state index >= 15 is 0 Å². The maximum Gasteiger partial charge on any atom is 0.133 e. The summed E-state index contributed by atoms with van der Waals surface area (Å²) < 4.78 is 6.39. The first-order valence-corrected chi connectivity index (χ1v) is 8.62. The third-order valence-corrected chi connectivity index (χ3v) is 5.51. The Kier molecular flexibility index (Phi) is 5.72. The first-order chi connectivity index (χ1) is 11.0. The van der Waals surface area contributed by atoms with Gasteiger partial charge in [-0.1, -0.05) is 12.1 Å². The smallest absolute Gasteiger partial charge is 0.133 e. The van der Waals surface area contributed by atoms with Crippen molar-refractivity contribution in [1.29, 1.82) is 5.26 Å². The second-order valence-electron chi connectivity index (χ2n) is 6.31. The molecule has 0 saturated carbocycles. The lowest BCUT2D eigenvalue weighted by molar-refractivity contribution is 0.311. The Labute approximate surface area is 147 Å². The van der Waals surface area contributed by atoms with Gasteiger partial charge >= 0.3 is 0 Å². The number of rotatable bonds is 5. The normalized spacial score (nSPS) is 21.4. The molecule has 1 aromatic carbocycles. The van der Waals surface area contributed by atoms with Crippen LogP contribution in [0.2, 0.25) is 0 Å². The Morgan fingerprint density at radius 1 is 1.43 bits per heavy atom. The SMILES string of the molecule is COc1cccc(C2(CCN(C)C)CCCC(C#N)=C2N)c1Br. The zero-order chi connectivity index (χ0) is 17.0. The molecule has 1 unspecified atom stereocenters. The lowest BCUT2D eigenvalue weighted by Crippen LogP contribution is -2.39. The molecule has 0 bridgehead atoms. The van der Waals surface area contributed by atoms with Crippen molar-refractivity contribution in [1.82, 2.24) is 4.90 Å². The van der Waals surface area contributed by atoms with E-state index in [2.05, 4.69) is 47.1 Å². The lowest BCUT2D eigenvalue weighted by Gasteiger charge is -2.40. The molecule has 0 fully saturated rings. The molecule has 0 saturated heterocycles. The molecule has 0 spiro atoms. The van der Waals surface area contributed by atoms with E-state index in [4.69, 9.17) is 10.5 Å². The first kappa shape index (κ1) is 17.8. The first-order valence-electron chi connectivity index (χ1n) is 7.83. The highest BCUT2D eigenvalue weighted by atomic mass is 79.9. The zero-order valence-electron chi connectivity index (χ0n) is 14.0. The average molecular weight is 378 g/mol. The zero-order valence-corrected chi connectivity index (χ0v) is 15.6. The summed E-state index contributed by atoms with van der Waals surface area (Å²) in [6.45, 7) is 0.906. The van der Waals surface area contributed by atoms with Crippen LogP contribution in [0.1, 0.15) is 31.2 Å². The summed E-state index contributed by atoms with van der Waals surface area (Å²) in [6.07, 6.45) is 3.57. The van der Waals surface area contributed by atoms with Crippen molar-refractivity contribution in [3.63, 3.8) is 0 Å². The van der Waals surface area contributed by atoms with Gasteiger partial charge in [0.25, 0.3) is 0 Å². The van der Waals surface area contributed by atoms with Crippen LogP contribution in [0.15, 0.2) is 33.9 Å². The Balaban J connectivity index is 2.62. The summed E-state index contributed by atoms with van der Waals surface area (Å²) in [5.74, 6) is 0.795. The number of ether oxygens (including phenoxy) is 1. The molecule has 0 amide bonds. The van der Waals surface area contributed by atoms with Crippen LogP contribution in [-0.4, -0.2) is 32.6 Å².